The van der Waals surface area contributed by atoms with Gasteiger partial charge in [-0.15, -0.1) is 0 Å². The average molecular weight is 385 g/mol. The van der Waals surface area contributed by atoms with Gasteiger partial charge in [-0.2, -0.15) is 0 Å². The van der Waals surface area contributed by atoms with Gasteiger partial charge in [0.15, 0.2) is 0 Å². The van der Waals surface area contributed by atoms with Crippen molar-refractivity contribution in [3.63, 3.8) is 0 Å². The highest BCUT2D eigenvalue weighted by atomic mass is 16.2. The molecule has 0 unspecified atom stereocenters. The maximum Gasteiger partial charge on any atom is 0.335 e. The van der Waals surface area contributed by atoms with Gasteiger partial charge >= 0.3 is 6.03 Å². The molecular formula is C23H19N3O3. The fourth-order valence-electron chi connectivity index (χ4n) is 3.26. The number of carbonyl (C=O) groups is 3. The second-order valence-electron chi connectivity index (χ2n) is 6.94. The first-order chi connectivity index (χ1) is 13.9. The van der Waals surface area contributed by atoms with Crippen molar-refractivity contribution in [3.05, 3.63) is 89.3 Å². The lowest BCUT2D eigenvalue weighted by molar-refractivity contribution is -0.122. The van der Waals surface area contributed by atoms with E-state index in [1.54, 1.807) is 24.3 Å². The smallest absolute Gasteiger partial charge is 0.317 e. The van der Waals surface area contributed by atoms with E-state index in [1.165, 1.54) is 6.08 Å². The van der Waals surface area contributed by atoms with Crippen molar-refractivity contribution >= 4 is 29.6 Å². The fourth-order valence-corrected chi connectivity index (χ4v) is 3.26. The highest BCUT2D eigenvalue weighted by Crippen LogP contribution is 2.23. The third-order valence-corrected chi connectivity index (χ3v) is 4.75. The van der Waals surface area contributed by atoms with Gasteiger partial charge in [-0.3, -0.25) is 14.9 Å². The maximum atomic E-state index is 13.0. The summed E-state index contributed by atoms with van der Waals surface area (Å²) in [5, 5.41) is 2.25. The summed E-state index contributed by atoms with van der Waals surface area (Å²) in [5.41, 5.74) is 3.98. The molecule has 1 fully saturated rings. The van der Waals surface area contributed by atoms with E-state index in [-0.39, 0.29) is 5.57 Å². The number of benzene rings is 2. The summed E-state index contributed by atoms with van der Waals surface area (Å²) >= 11 is 0. The Kier molecular flexibility index (Phi) is 4.60. The highest BCUT2D eigenvalue weighted by molar-refractivity contribution is 6.39. The van der Waals surface area contributed by atoms with Crippen LogP contribution in [0, 0.1) is 13.8 Å². The molecule has 0 aliphatic carbocycles. The van der Waals surface area contributed by atoms with Gasteiger partial charge < -0.3 is 4.57 Å². The Hall–Kier alpha value is -3.93. The van der Waals surface area contributed by atoms with Crippen molar-refractivity contribution < 1.29 is 14.4 Å². The van der Waals surface area contributed by atoms with Crippen molar-refractivity contribution in [2.75, 3.05) is 4.90 Å². The van der Waals surface area contributed by atoms with Crippen LogP contribution < -0.4 is 10.2 Å². The fraction of sp³-hybridized carbons (Fsp3) is 0.0870. The van der Waals surface area contributed by atoms with Gasteiger partial charge in [-0.1, -0.05) is 29.8 Å². The number of nitrogens with zero attached hydrogens (tertiary/aromatic N) is 2. The highest BCUT2D eigenvalue weighted by Gasteiger charge is 2.36. The predicted molar refractivity (Wildman–Crippen MR) is 111 cm³/mol. The number of nitrogens with one attached hydrogen (secondary N) is 1. The molecule has 2 heterocycles. The van der Waals surface area contributed by atoms with E-state index in [9.17, 15) is 14.4 Å². The molecule has 1 N–H and O–H groups in total. The SMILES string of the molecule is Cc1ccc(N2C(=O)NC(=O)/C(=C\c3cccn3-c3cccc(C)c3)C2=O)cc1. The van der Waals surface area contributed by atoms with E-state index in [0.717, 1.165) is 21.7 Å². The summed E-state index contributed by atoms with van der Waals surface area (Å²) in [6.07, 6.45) is 3.36. The van der Waals surface area contributed by atoms with Crippen LogP contribution in [0.2, 0.25) is 0 Å². The molecule has 3 aromatic rings. The van der Waals surface area contributed by atoms with Gasteiger partial charge in [0.25, 0.3) is 11.8 Å². The molecule has 2 aromatic carbocycles. The van der Waals surface area contributed by atoms with Crippen LogP contribution in [-0.2, 0) is 9.59 Å². The van der Waals surface area contributed by atoms with E-state index in [2.05, 4.69) is 5.32 Å². The number of hydrogen-bond donors (Lipinski definition) is 1. The number of hydrogen-bond acceptors (Lipinski definition) is 3. The monoisotopic (exact) mass is 385 g/mol. The molecule has 1 aromatic heterocycles. The number of carbonyl (C=O) groups excluding carboxylic acids is 3. The lowest BCUT2D eigenvalue weighted by atomic mass is 10.1. The van der Waals surface area contributed by atoms with Crippen LogP contribution in [0.4, 0.5) is 10.5 Å². The topological polar surface area (TPSA) is 71.4 Å². The van der Waals surface area contributed by atoms with Gasteiger partial charge in [0.05, 0.1) is 5.69 Å². The summed E-state index contributed by atoms with van der Waals surface area (Å²) in [4.78, 5) is 38.7. The first kappa shape index (κ1) is 18.4. The molecule has 4 amide bonds. The number of aryl methyl sites for hydroxylation is 2. The quantitative estimate of drug-likeness (QED) is 0.551. The number of imide groups is 2. The minimum atomic E-state index is -0.755. The van der Waals surface area contributed by atoms with Crippen LogP contribution in [0.15, 0.2) is 72.4 Å². The Balaban J connectivity index is 1.75. The first-order valence-electron chi connectivity index (χ1n) is 9.16. The maximum absolute atomic E-state index is 13.0. The van der Waals surface area contributed by atoms with Crippen LogP contribution in [0.5, 0.6) is 0 Å². The van der Waals surface area contributed by atoms with E-state index in [0.29, 0.717) is 11.4 Å². The van der Waals surface area contributed by atoms with Gasteiger partial charge in [0, 0.05) is 17.6 Å². The van der Waals surface area contributed by atoms with Crippen LogP contribution >= 0.6 is 0 Å². The molecule has 6 nitrogen and oxygen atoms in total. The third-order valence-electron chi connectivity index (χ3n) is 4.75. The summed E-state index contributed by atoms with van der Waals surface area (Å²) in [6, 6.07) is 17.7. The third kappa shape index (κ3) is 3.48. The van der Waals surface area contributed by atoms with Crippen LogP contribution in [-0.4, -0.2) is 22.4 Å². The Labute approximate surface area is 168 Å². The molecule has 144 valence electrons. The van der Waals surface area contributed by atoms with E-state index in [1.807, 2.05) is 61.0 Å². The minimum Gasteiger partial charge on any atom is -0.317 e. The molecule has 0 atom stereocenters. The number of amides is 4. The van der Waals surface area contributed by atoms with E-state index < -0.39 is 17.8 Å². The first-order valence-corrected chi connectivity index (χ1v) is 9.16. The lowest BCUT2D eigenvalue weighted by Crippen LogP contribution is -2.54. The zero-order valence-corrected chi connectivity index (χ0v) is 16.0. The Morgan fingerprint density at radius 2 is 1.59 bits per heavy atom. The van der Waals surface area contributed by atoms with Gasteiger partial charge in [-0.05, 0) is 61.9 Å². The van der Waals surface area contributed by atoms with Gasteiger partial charge in [0.2, 0.25) is 0 Å². The Bertz CT molecular complexity index is 1160. The van der Waals surface area contributed by atoms with Crippen molar-refractivity contribution in [2.24, 2.45) is 0 Å². The van der Waals surface area contributed by atoms with Crippen LogP contribution in [0.1, 0.15) is 16.8 Å². The normalized spacial score (nSPS) is 15.7. The Morgan fingerprint density at radius 1 is 0.828 bits per heavy atom. The summed E-state index contributed by atoms with van der Waals surface area (Å²) < 4.78 is 1.88. The van der Waals surface area contributed by atoms with E-state index in [4.69, 9.17) is 0 Å². The standard InChI is InChI=1S/C23H19N3O3/c1-15-8-10-17(11-9-15)26-22(28)20(21(27)24-23(26)29)14-19-7-4-12-25(19)18-6-3-5-16(2)13-18/h3-14H,1-2H3,(H,24,27,29)/b20-14+. The van der Waals surface area contributed by atoms with Crippen LogP contribution in [0.25, 0.3) is 11.8 Å². The zero-order valence-electron chi connectivity index (χ0n) is 16.0. The average Bonchev–Trinajstić information content (AvgIpc) is 3.15. The van der Waals surface area contributed by atoms with Gasteiger partial charge in [0.1, 0.15) is 5.57 Å². The van der Waals surface area contributed by atoms with Crippen molar-refractivity contribution in [3.8, 4) is 5.69 Å². The minimum absolute atomic E-state index is 0.0993. The number of barbiturate groups is 1. The number of rotatable bonds is 3. The summed E-state index contributed by atoms with van der Waals surface area (Å²) in [5.74, 6) is -1.36. The molecule has 0 spiro atoms. The molecule has 0 bridgehead atoms. The van der Waals surface area contributed by atoms with Crippen molar-refractivity contribution in [1.82, 2.24) is 9.88 Å². The van der Waals surface area contributed by atoms with Gasteiger partial charge in [-0.25, -0.2) is 9.69 Å². The largest absolute Gasteiger partial charge is 0.335 e. The second-order valence-corrected chi connectivity index (χ2v) is 6.94. The number of urea groups is 1. The lowest BCUT2D eigenvalue weighted by Gasteiger charge is -2.26. The summed E-state index contributed by atoms with van der Waals surface area (Å²) in [7, 11) is 0. The molecular weight excluding hydrogens is 366 g/mol. The van der Waals surface area contributed by atoms with Crippen molar-refractivity contribution in [2.45, 2.75) is 13.8 Å². The number of anilines is 1. The predicted octanol–water partition coefficient (Wildman–Crippen LogP) is 3.76. The molecule has 6 heteroatoms. The molecule has 1 aliphatic heterocycles. The van der Waals surface area contributed by atoms with Crippen molar-refractivity contribution in [1.29, 1.82) is 0 Å². The molecule has 4 rings (SSSR count). The Morgan fingerprint density at radius 3 is 2.31 bits per heavy atom. The van der Waals surface area contributed by atoms with E-state index >= 15 is 0 Å². The molecule has 0 saturated carbocycles. The van der Waals surface area contributed by atoms with Crippen LogP contribution in [0.3, 0.4) is 0 Å². The molecule has 0 radical (unpaired) electrons. The molecule has 1 aliphatic rings. The number of aromatic nitrogens is 1. The molecule has 1 saturated heterocycles. The second kappa shape index (κ2) is 7.24. The summed E-state index contributed by atoms with van der Waals surface area (Å²) in [6.45, 7) is 3.91. The zero-order chi connectivity index (χ0) is 20.5. The molecule has 29 heavy (non-hydrogen) atoms.